The summed E-state index contributed by atoms with van der Waals surface area (Å²) in [5.41, 5.74) is 2.55. The molecule has 2 saturated carbocycles. The summed E-state index contributed by atoms with van der Waals surface area (Å²) in [6.07, 6.45) is 7.19. The van der Waals surface area contributed by atoms with Gasteiger partial charge < -0.3 is 10.7 Å². The van der Waals surface area contributed by atoms with Crippen LogP contribution in [0.1, 0.15) is 25.7 Å². The maximum atomic E-state index is 5.39. The Kier molecular flexibility index (Phi) is 3.39. The molecule has 2 bridgehead atoms. The molecule has 2 aliphatic rings. The molecule has 98 valence electrons. The van der Waals surface area contributed by atoms with E-state index in [1.807, 2.05) is 0 Å². The van der Waals surface area contributed by atoms with E-state index in [0.29, 0.717) is 5.82 Å². The van der Waals surface area contributed by atoms with E-state index in [9.17, 15) is 0 Å². The van der Waals surface area contributed by atoms with E-state index in [-0.39, 0.29) is 0 Å². The van der Waals surface area contributed by atoms with Gasteiger partial charge in [-0.2, -0.15) is 0 Å². The van der Waals surface area contributed by atoms with Gasteiger partial charge in [-0.05, 0) is 52.9 Å². The number of nitrogens with one attached hydrogen (secondary N) is 2. The van der Waals surface area contributed by atoms with Crippen molar-refractivity contribution in [2.45, 2.75) is 25.7 Å². The van der Waals surface area contributed by atoms with Crippen LogP contribution in [0, 0.1) is 17.8 Å². The molecule has 0 aliphatic heterocycles. The topological polar surface area (TPSA) is 75.9 Å². The molecule has 1 aromatic heterocycles. The van der Waals surface area contributed by atoms with Gasteiger partial charge in [-0.15, -0.1) is 0 Å². The number of anilines is 2. The molecule has 1 aromatic rings. The van der Waals surface area contributed by atoms with Crippen LogP contribution in [0.4, 0.5) is 11.6 Å². The number of rotatable bonds is 4. The normalized spacial score (nSPS) is 29.6. The van der Waals surface area contributed by atoms with E-state index in [4.69, 9.17) is 5.84 Å². The van der Waals surface area contributed by atoms with Gasteiger partial charge in [0.1, 0.15) is 16.6 Å². The predicted octanol–water partition coefficient (Wildman–Crippen LogP) is 2.37. The molecule has 5 nitrogen and oxygen atoms in total. The van der Waals surface area contributed by atoms with Crippen molar-refractivity contribution in [3.63, 3.8) is 0 Å². The first-order valence-electron chi connectivity index (χ1n) is 6.49. The van der Waals surface area contributed by atoms with E-state index in [0.717, 1.165) is 34.6 Å². The first-order valence-corrected chi connectivity index (χ1v) is 7.28. The number of fused-ring (bicyclic) bond motifs is 2. The minimum absolute atomic E-state index is 0.612. The Balaban J connectivity index is 1.63. The Morgan fingerprint density at radius 1 is 1.28 bits per heavy atom. The summed E-state index contributed by atoms with van der Waals surface area (Å²) >= 11 is 3.46. The standard InChI is InChI=1S/C12H18BrN5/c13-10-11(16-6-17-12(10)18-14)15-5-9-4-7-1-2-8(9)3-7/h6-9H,1-5,14H2,(H2,15,16,17,18). The number of nitrogens with two attached hydrogens (primary N) is 1. The summed E-state index contributed by atoms with van der Waals surface area (Å²) in [5, 5.41) is 3.42. The van der Waals surface area contributed by atoms with Crippen LogP contribution in [0.5, 0.6) is 0 Å². The largest absolute Gasteiger partial charge is 0.369 e. The molecular weight excluding hydrogens is 294 g/mol. The van der Waals surface area contributed by atoms with Gasteiger partial charge >= 0.3 is 0 Å². The molecule has 0 aromatic carbocycles. The van der Waals surface area contributed by atoms with E-state index in [1.54, 1.807) is 0 Å². The van der Waals surface area contributed by atoms with Crippen molar-refractivity contribution < 1.29 is 0 Å². The monoisotopic (exact) mass is 311 g/mol. The summed E-state index contributed by atoms with van der Waals surface area (Å²) in [4.78, 5) is 8.29. The number of aromatic nitrogens is 2. The van der Waals surface area contributed by atoms with Crippen molar-refractivity contribution in [3.05, 3.63) is 10.8 Å². The van der Waals surface area contributed by atoms with E-state index >= 15 is 0 Å². The third-order valence-corrected chi connectivity index (χ3v) is 5.09. The minimum Gasteiger partial charge on any atom is -0.369 e. The smallest absolute Gasteiger partial charge is 0.159 e. The first-order chi connectivity index (χ1) is 8.78. The zero-order valence-electron chi connectivity index (χ0n) is 10.2. The highest BCUT2D eigenvalue weighted by atomic mass is 79.9. The lowest BCUT2D eigenvalue weighted by Gasteiger charge is -2.22. The molecule has 2 fully saturated rings. The molecule has 3 atom stereocenters. The maximum absolute atomic E-state index is 5.39. The predicted molar refractivity (Wildman–Crippen MR) is 75.0 cm³/mol. The number of nitrogen functional groups attached to an aromatic ring is 1. The lowest BCUT2D eigenvalue weighted by molar-refractivity contribution is 0.348. The second-order valence-electron chi connectivity index (χ2n) is 5.35. The molecule has 0 amide bonds. The number of nitrogens with zero attached hydrogens (tertiary/aromatic N) is 2. The third kappa shape index (κ3) is 2.19. The van der Waals surface area contributed by atoms with Crippen molar-refractivity contribution in [1.82, 2.24) is 9.97 Å². The Labute approximate surface area is 115 Å². The summed E-state index contributed by atoms with van der Waals surface area (Å²) in [7, 11) is 0. The summed E-state index contributed by atoms with van der Waals surface area (Å²) < 4.78 is 0.802. The Morgan fingerprint density at radius 3 is 2.78 bits per heavy atom. The fourth-order valence-corrected chi connectivity index (χ4v) is 3.91. The van der Waals surface area contributed by atoms with Crippen molar-refractivity contribution in [2.75, 3.05) is 17.3 Å². The zero-order valence-corrected chi connectivity index (χ0v) is 11.8. The average molecular weight is 312 g/mol. The van der Waals surface area contributed by atoms with Crippen molar-refractivity contribution in [3.8, 4) is 0 Å². The number of hydrogen-bond acceptors (Lipinski definition) is 5. The molecule has 2 aliphatic carbocycles. The molecule has 3 rings (SSSR count). The maximum Gasteiger partial charge on any atom is 0.159 e. The highest BCUT2D eigenvalue weighted by Crippen LogP contribution is 2.48. The van der Waals surface area contributed by atoms with E-state index in [1.165, 1.54) is 32.0 Å². The second kappa shape index (κ2) is 5.01. The minimum atomic E-state index is 0.612. The molecule has 3 unspecified atom stereocenters. The van der Waals surface area contributed by atoms with Gasteiger partial charge in [0, 0.05) is 6.54 Å². The van der Waals surface area contributed by atoms with Crippen LogP contribution in [0.2, 0.25) is 0 Å². The summed E-state index contributed by atoms with van der Waals surface area (Å²) in [6.45, 7) is 1.00. The van der Waals surface area contributed by atoms with Crippen LogP contribution in [0.25, 0.3) is 0 Å². The van der Waals surface area contributed by atoms with Crippen molar-refractivity contribution in [1.29, 1.82) is 0 Å². The lowest BCUT2D eigenvalue weighted by atomic mass is 9.89. The van der Waals surface area contributed by atoms with Crippen LogP contribution in [-0.2, 0) is 0 Å². The molecule has 6 heteroatoms. The number of halogens is 1. The molecule has 4 N–H and O–H groups in total. The molecule has 18 heavy (non-hydrogen) atoms. The van der Waals surface area contributed by atoms with Gasteiger partial charge in [0.25, 0.3) is 0 Å². The molecular formula is C12H18BrN5. The van der Waals surface area contributed by atoms with Gasteiger partial charge in [0.05, 0.1) is 0 Å². The molecule has 1 heterocycles. The molecule has 0 radical (unpaired) electrons. The second-order valence-corrected chi connectivity index (χ2v) is 6.14. The van der Waals surface area contributed by atoms with Crippen LogP contribution < -0.4 is 16.6 Å². The Morgan fingerprint density at radius 2 is 2.11 bits per heavy atom. The molecule has 0 saturated heterocycles. The Bertz CT molecular complexity index is 438. The summed E-state index contributed by atoms with van der Waals surface area (Å²) in [5.74, 6) is 9.54. The third-order valence-electron chi connectivity index (χ3n) is 4.34. The lowest BCUT2D eigenvalue weighted by Crippen LogP contribution is -2.21. The molecule has 0 spiro atoms. The van der Waals surface area contributed by atoms with Gasteiger partial charge in [-0.3, -0.25) is 0 Å². The van der Waals surface area contributed by atoms with Gasteiger partial charge in [-0.25, -0.2) is 15.8 Å². The van der Waals surface area contributed by atoms with Crippen molar-refractivity contribution >= 4 is 27.6 Å². The van der Waals surface area contributed by atoms with Crippen LogP contribution in [0.15, 0.2) is 10.8 Å². The SMILES string of the molecule is NNc1ncnc(NCC2CC3CCC2C3)c1Br. The van der Waals surface area contributed by atoms with Gasteiger partial charge in [-0.1, -0.05) is 6.42 Å². The van der Waals surface area contributed by atoms with Gasteiger partial charge in [0.2, 0.25) is 0 Å². The van der Waals surface area contributed by atoms with E-state index in [2.05, 4.69) is 36.6 Å². The van der Waals surface area contributed by atoms with Crippen LogP contribution in [0.3, 0.4) is 0 Å². The highest BCUT2D eigenvalue weighted by Gasteiger charge is 2.39. The first kappa shape index (κ1) is 12.2. The zero-order chi connectivity index (χ0) is 12.5. The van der Waals surface area contributed by atoms with E-state index < -0.39 is 0 Å². The average Bonchev–Trinajstić information content (AvgIpc) is 3.00. The fraction of sp³-hybridized carbons (Fsp3) is 0.667. The van der Waals surface area contributed by atoms with Crippen LogP contribution in [-0.4, -0.2) is 16.5 Å². The van der Waals surface area contributed by atoms with Gasteiger partial charge in [0.15, 0.2) is 5.82 Å². The number of hydrogen-bond donors (Lipinski definition) is 3. The summed E-state index contributed by atoms with van der Waals surface area (Å²) in [6, 6.07) is 0. The fourth-order valence-electron chi connectivity index (χ4n) is 3.45. The Hall–Kier alpha value is -0.880. The quantitative estimate of drug-likeness (QED) is 0.588. The highest BCUT2D eigenvalue weighted by molar-refractivity contribution is 9.10. The number of hydrazine groups is 1. The van der Waals surface area contributed by atoms with Crippen molar-refractivity contribution in [2.24, 2.45) is 23.6 Å². The van der Waals surface area contributed by atoms with Crippen LogP contribution >= 0.6 is 15.9 Å².